The molecule has 0 saturated carbocycles. The molecule has 0 aliphatic rings. The molecule has 1 rings (SSSR count). The second kappa shape index (κ2) is 7.33. The highest BCUT2D eigenvalue weighted by Gasteiger charge is 2.15. The Balaban J connectivity index is 2.12. The first-order chi connectivity index (χ1) is 9.28. The molecule has 0 saturated heterocycles. The molecule has 5 nitrogen and oxygen atoms in total. The summed E-state index contributed by atoms with van der Waals surface area (Å²) < 4.78 is 10.7. The number of ether oxygens (including phenoxy) is 1. The fourth-order valence-electron chi connectivity index (χ4n) is 1.70. The van der Waals surface area contributed by atoms with E-state index in [4.69, 9.17) is 9.15 Å². The van der Waals surface area contributed by atoms with Crippen molar-refractivity contribution in [1.82, 2.24) is 10.6 Å². The van der Waals surface area contributed by atoms with E-state index in [-0.39, 0.29) is 12.1 Å². The maximum absolute atomic E-state index is 11.4. The van der Waals surface area contributed by atoms with Crippen molar-refractivity contribution in [1.29, 1.82) is 0 Å². The third kappa shape index (κ3) is 6.61. The minimum atomic E-state index is -0.450. The van der Waals surface area contributed by atoms with Gasteiger partial charge in [0.05, 0.1) is 6.04 Å². The predicted octanol–water partition coefficient (Wildman–Crippen LogP) is 3.15. The normalized spacial score (nSPS) is 13.1. The number of hydrogen-bond donors (Lipinski definition) is 2. The summed E-state index contributed by atoms with van der Waals surface area (Å²) in [6.45, 7) is 10.9. The van der Waals surface area contributed by atoms with Crippen molar-refractivity contribution < 1.29 is 13.9 Å². The van der Waals surface area contributed by atoms with Crippen LogP contribution in [0.5, 0.6) is 0 Å². The van der Waals surface area contributed by atoms with Crippen LogP contribution in [0.25, 0.3) is 0 Å². The molecule has 114 valence electrons. The molecule has 1 aromatic heterocycles. The van der Waals surface area contributed by atoms with Crippen LogP contribution in [0.2, 0.25) is 0 Å². The number of alkyl carbamates (subject to hydrolysis) is 1. The molecule has 1 aromatic rings. The lowest BCUT2D eigenvalue weighted by molar-refractivity contribution is 0.0527. The number of carbonyl (C=O) groups is 1. The standard InChI is InChI=1S/C15H26N2O3/c1-11-7-8-13(19-11)12(2)16-9-6-10-17-14(18)20-15(3,4)5/h7-8,12,16H,6,9-10H2,1-5H3,(H,17,18). The fraction of sp³-hybridized carbons (Fsp3) is 0.667. The number of nitrogens with one attached hydrogen (secondary N) is 2. The molecule has 20 heavy (non-hydrogen) atoms. The molecule has 0 aliphatic carbocycles. The summed E-state index contributed by atoms with van der Waals surface area (Å²) in [5.74, 6) is 1.85. The number of furan rings is 1. The maximum Gasteiger partial charge on any atom is 0.407 e. The van der Waals surface area contributed by atoms with E-state index in [0.29, 0.717) is 6.54 Å². The molecular weight excluding hydrogens is 256 g/mol. The number of carbonyl (C=O) groups excluding carboxylic acids is 1. The van der Waals surface area contributed by atoms with Gasteiger partial charge in [0.2, 0.25) is 0 Å². The average molecular weight is 282 g/mol. The Morgan fingerprint density at radius 2 is 2.05 bits per heavy atom. The highest BCUT2D eigenvalue weighted by molar-refractivity contribution is 5.67. The Hall–Kier alpha value is -1.49. The molecule has 0 radical (unpaired) electrons. The number of rotatable bonds is 6. The quantitative estimate of drug-likeness (QED) is 0.787. The lowest BCUT2D eigenvalue weighted by atomic mass is 10.2. The van der Waals surface area contributed by atoms with Crippen LogP contribution in [0.15, 0.2) is 16.5 Å². The van der Waals surface area contributed by atoms with Crippen molar-refractivity contribution in [3.05, 3.63) is 23.7 Å². The minimum Gasteiger partial charge on any atom is -0.465 e. The van der Waals surface area contributed by atoms with Crippen LogP contribution in [0.3, 0.4) is 0 Å². The molecule has 0 spiro atoms. The number of amides is 1. The average Bonchev–Trinajstić information content (AvgIpc) is 2.73. The van der Waals surface area contributed by atoms with E-state index in [9.17, 15) is 4.79 Å². The fourth-order valence-corrected chi connectivity index (χ4v) is 1.70. The second-order valence-electron chi connectivity index (χ2n) is 5.91. The summed E-state index contributed by atoms with van der Waals surface area (Å²) in [5, 5.41) is 6.08. The van der Waals surface area contributed by atoms with Gasteiger partial charge in [-0.15, -0.1) is 0 Å². The van der Waals surface area contributed by atoms with Crippen LogP contribution in [0.4, 0.5) is 4.79 Å². The summed E-state index contributed by atoms with van der Waals surface area (Å²) in [5.41, 5.74) is -0.450. The molecule has 0 fully saturated rings. The third-order valence-electron chi connectivity index (χ3n) is 2.66. The van der Waals surface area contributed by atoms with E-state index in [2.05, 4.69) is 17.6 Å². The van der Waals surface area contributed by atoms with Crippen molar-refractivity contribution >= 4 is 6.09 Å². The van der Waals surface area contributed by atoms with E-state index >= 15 is 0 Å². The van der Waals surface area contributed by atoms with E-state index in [1.165, 1.54) is 0 Å². The lowest BCUT2D eigenvalue weighted by Gasteiger charge is -2.19. The summed E-state index contributed by atoms with van der Waals surface area (Å²) in [4.78, 5) is 11.4. The molecule has 2 N–H and O–H groups in total. The largest absolute Gasteiger partial charge is 0.465 e. The number of aryl methyl sites for hydroxylation is 1. The topological polar surface area (TPSA) is 63.5 Å². The Morgan fingerprint density at radius 1 is 1.35 bits per heavy atom. The smallest absolute Gasteiger partial charge is 0.407 e. The van der Waals surface area contributed by atoms with Gasteiger partial charge in [-0.25, -0.2) is 4.79 Å². The molecule has 1 atom stereocenters. The zero-order valence-electron chi connectivity index (χ0n) is 13.1. The van der Waals surface area contributed by atoms with Crippen molar-refractivity contribution in [2.75, 3.05) is 13.1 Å². The van der Waals surface area contributed by atoms with Gasteiger partial charge in [0.15, 0.2) is 0 Å². The van der Waals surface area contributed by atoms with E-state index in [1.54, 1.807) is 0 Å². The van der Waals surface area contributed by atoms with Gasteiger partial charge < -0.3 is 19.8 Å². The molecule has 1 unspecified atom stereocenters. The van der Waals surface area contributed by atoms with Crippen molar-refractivity contribution in [3.63, 3.8) is 0 Å². The van der Waals surface area contributed by atoms with E-state index < -0.39 is 5.60 Å². The van der Waals surface area contributed by atoms with Crippen molar-refractivity contribution in [2.45, 2.75) is 52.7 Å². The Kier molecular flexibility index (Phi) is 6.07. The summed E-state index contributed by atoms with van der Waals surface area (Å²) in [7, 11) is 0. The first-order valence-corrected chi connectivity index (χ1v) is 7.04. The monoisotopic (exact) mass is 282 g/mol. The van der Waals surface area contributed by atoms with Gasteiger partial charge in [0.25, 0.3) is 0 Å². The van der Waals surface area contributed by atoms with Crippen molar-refractivity contribution in [2.24, 2.45) is 0 Å². The maximum atomic E-state index is 11.4. The molecule has 1 heterocycles. The third-order valence-corrected chi connectivity index (χ3v) is 2.66. The van der Waals surface area contributed by atoms with Gasteiger partial charge in [-0.1, -0.05) is 0 Å². The van der Waals surface area contributed by atoms with E-state index in [0.717, 1.165) is 24.5 Å². The van der Waals surface area contributed by atoms with Crippen LogP contribution in [0, 0.1) is 6.92 Å². The van der Waals surface area contributed by atoms with E-state index in [1.807, 2.05) is 39.8 Å². The van der Waals surface area contributed by atoms with Crippen LogP contribution in [0.1, 0.15) is 51.7 Å². The first kappa shape index (κ1) is 16.6. The van der Waals surface area contributed by atoms with Gasteiger partial charge >= 0.3 is 6.09 Å². The zero-order valence-corrected chi connectivity index (χ0v) is 13.1. The van der Waals surface area contributed by atoms with Crippen LogP contribution >= 0.6 is 0 Å². The van der Waals surface area contributed by atoms with Gasteiger partial charge in [0.1, 0.15) is 17.1 Å². The SMILES string of the molecule is Cc1ccc(C(C)NCCCNC(=O)OC(C)(C)C)o1. The van der Waals surface area contributed by atoms with Crippen LogP contribution in [-0.2, 0) is 4.74 Å². The lowest BCUT2D eigenvalue weighted by Crippen LogP contribution is -2.34. The van der Waals surface area contributed by atoms with Gasteiger partial charge in [0, 0.05) is 6.54 Å². The first-order valence-electron chi connectivity index (χ1n) is 7.04. The van der Waals surface area contributed by atoms with Crippen molar-refractivity contribution in [3.8, 4) is 0 Å². The Bertz CT molecular complexity index is 421. The van der Waals surface area contributed by atoms with Crippen LogP contribution < -0.4 is 10.6 Å². The predicted molar refractivity (Wildman–Crippen MR) is 78.7 cm³/mol. The zero-order chi connectivity index (χ0) is 15.2. The Labute approximate surface area is 121 Å². The molecular formula is C15H26N2O3. The van der Waals surface area contributed by atoms with Crippen LogP contribution in [-0.4, -0.2) is 24.8 Å². The molecule has 0 aliphatic heterocycles. The molecule has 1 amide bonds. The van der Waals surface area contributed by atoms with Gasteiger partial charge in [-0.2, -0.15) is 0 Å². The highest BCUT2D eigenvalue weighted by Crippen LogP contribution is 2.15. The second-order valence-corrected chi connectivity index (χ2v) is 5.91. The summed E-state index contributed by atoms with van der Waals surface area (Å²) in [6, 6.07) is 4.11. The Morgan fingerprint density at radius 3 is 2.60 bits per heavy atom. The summed E-state index contributed by atoms with van der Waals surface area (Å²) in [6.07, 6.45) is 0.468. The number of hydrogen-bond acceptors (Lipinski definition) is 4. The minimum absolute atomic E-state index is 0.172. The van der Waals surface area contributed by atoms with Gasteiger partial charge in [-0.05, 0) is 59.7 Å². The highest BCUT2D eigenvalue weighted by atomic mass is 16.6. The summed E-state index contributed by atoms with van der Waals surface area (Å²) >= 11 is 0. The van der Waals surface area contributed by atoms with Gasteiger partial charge in [-0.3, -0.25) is 0 Å². The molecule has 5 heteroatoms. The molecule has 0 aromatic carbocycles. The molecule has 0 bridgehead atoms.